The minimum atomic E-state index is -0.525. The molecule has 5 nitrogen and oxygen atoms in total. The Morgan fingerprint density at radius 1 is 1.12 bits per heavy atom. The van der Waals surface area contributed by atoms with Gasteiger partial charge in [0.2, 0.25) is 5.91 Å². The highest BCUT2D eigenvalue weighted by molar-refractivity contribution is 6.30. The number of hydrazine groups is 1. The summed E-state index contributed by atoms with van der Waals surface area (Å²) in [6.07, 6.45) is 0.466. The third-order valence-corrected chi connectivity index (χ3v) is 3.94. The second-order valence-corrected chi connectivity index (χ2v) is 5.85. The largest absolute Gasteiger partial charge is 0.492 e. The Hall–Kier alpha value is -2.60. The van der Waals surface area contributed by atoms with E-state index < -0.39 is 17.6 Å². The zero-order chi connectivity index (χ0) is 17.1. The van der Waals surface area contributed by atoms with Crippen molar-refractivity contribution >= 4 is 23.4 Å². The van der Waals surface area contributed by atoms with Crippen molar-refractivity contribution in [1.82, 2.24) is 10.9 Å². The van der Waals surface area contributed by atoms with Gasteiger partial charge in [-0.3, -0.25) is 20.4 Å². The highest BCUT2D eigenvalue weighted by Gasteiger charge is 2.26. The average Bonchev–Trinajstić information content (AvgIpc) is 2.59. The minimum Gasteiger partial charge on any atom is -0.492 e. The average molecular weight is 349 g/mol. The van der Waals surface area contributed by atoms with Gasteiger partial charge in [0.25, 0.3) is 5.91 Å². The number of amides is 2. The number of carbonyl (C=O) groups is 2. The van der Waals surface area contributed by atoms with Crippen LogP contribution in [0.1, 0.15) is 15.9 Å². The molecule has 2 aromatic rings. The molecule has 0 radical (unpaired) electrons. The smallest absolute Gasteiger partial charge is 0.269 e. The van der Waals surface area contributed by atoms with Gasteiger partial charge < -0.3 is 4.74 Å². The first-order chi connectivity index (χ1) is 11.5. The van der Waals surface area contributed by atoms with Crippen molar-refractivity contribution < 1.29 is 18.7 Å². The first-order valence-corrected chi connectivity index (χ1v) is 7.68. The summed E-state index contributed by atoms with van der Waals surface area (Å²) in [7, 11) is 0. The van der Waals surface area contributed by atoms with Gasteiger partial charge in [-0.05, 0) is 54.4 Å². The van der Waals surface area contributed by atoms with Crippen LogP contribution in [-0.2, 0) is 11.2 Å². The molecule has 1 aliphatic rings. The fourth-order valence-corrected chi connectivity index (χ4v) is 2.62. The second kappa shape index (κ2) is 6.88. The molecule has 3 rings (SSSR count). The van der Waals surface area contributed by atoms with E-state index >= 15 is 0 Å². The van der Waals surface area contributed by atoms with Crippen LogP contribution >= 0.6 is 11.6 Å². The number of benzene rings is 2. The molecule has 0 saturated heterocycles. The predicted octanol–water partition coefficient (Wildman–Crippen LogP) is 2.49. The van der Waals surface area contributed by atoms with Crippen LogP contribution in [0.15, 0.2) is 42.5 Å². The molecular weight excluding hydrogens is 335 g/mol. The van der Waals surface area contributed by atoms with Crippen molar-refractivity contribution in [2.75, 3.05) is 6.61 Å². The first kappa shape index (κ1) is 16.3. The van der Waals surface area contributed by atoms with Gasteiger partial charge in [0, 0.05) is 10.6 Å². The number of fused-ring (bicyclic) bond motifs is 1. The Morgan fingerprint density at radius 2 is 1.88 bits per heavy atom. The normalized spacial score (nSPS) is 15.8. The van der Waals surface area contributed by atoms with E-state index in [9.17, 15) is 14.0 Å². The highest BCUT2D eigenvalue weighted by Crippen LogP contribution is 2.29. The van der Waals surface area contributed by atoms with Crippen molar-refractivity contribution in [1.29, 1.82) is 0 Å². The lowest BCUT2D eigenvalue weighted by atomic mass is 9.96. The molecule has 0 saturated carbocycles. The summed E-state index contributed by atoms with van der Waals surface area (Å²) in [6.45, 7) is 0.215. The van der Waals surface area contributed by atoms with E-state index in [0.29, 0.717) is 17.2 Å². The Kier molecular flexibility index (Phi) is 4.66. The lowest BCUT2D eigenvalue weighted by Gasteiger charge is -2.24. The van der Waals surface area contributed by atoms with E-state index in [1.54, 1.807) is 18.2 Å². The quantitative estimate of drug-likeness (QED) is 0.819. The van der Waals surface area contributed by atoms with Crippen LogP contribution in [0.4, 0.5) is 4.39 Å². The SMILES string of the molecule is O=C(NNC(=O)[C@@H]1COc2ccc(Cl)cc2C1)c1ccc(F)cc1. The van der Waals surface area contributed by atoms with Gasteiger partial charge >= 0.3 is 0 Å². The van der Waals surface area contributed by atoms with Crippen molar-refractivity contribution in [3.63, 3.8) is 0 Å². The number of ether oxygens (including phenoxy) is 1. The molecule has 24 heavy (non-hydrogen) atoms. The van der Waals surface area contributed by atoms with Crippen molar-refractivity contribution in [2.45, 2.75) is 6.42 Å². The molecule has 0 aliphatic carbocycles. The summed E-state index contributed by atoms with van der Waals surface area (Å²) in [4.78, 5) is 24.1. The van der Waals surface area contributed by atoms with E-state index in [4.69, 9.17) is 16.3 Å². The molecule has 0 bridgehead atoms. The summed E-state index contributed by atoms with van der Waals surface area (Å²) in [5.74, 6) is -1.06. The number of halogens is 2. The fourth-order valence-electron chi connectivity index (χ4n) is 2.43. The molecule has 0 unspecified atom stereocenters. The molecule has 0 fully saturated rings. The molecule has 2 aromatic carbocycles. The van der Waals surface area contributed by atoms with Crippen molar-refractivity contribution in [3.05, 3.63) is 64.4 Å². The standard InChI is InChI=1S/C17H14ClFN2O3/c18-13-3-6-15-11(8-13)7-12(9-24-15)17(23)21-20-16(22)10-1-4-14(19)5-2-10/h1-6,8,12H,7,9H2,(H,20,22)(H,21,23)/t12-/m0/s1. The fraction of sp³-hybridized carbons (Fsp3) is 0.176. The third kappa shape index (κ3) is 3.65. The summed E-state index contributed by atoms with van der Waals surface area (Å²) in [5.41, 5.74) is 5.76. The summed E-state index contributed by atoms with van der Waals surface area (Å²) in [6, 6.07) is 10.3. The van der Waals surface area contributed by atoms with E-state index in [-0.39, 0.29) is 18.1 Å². The Labute approximate surface area is 142 Å². The van der Waals surface area contributed by atoms with Gasteiger partial charge in [-0.15, -0.1) is 0 Å². The van der Waals surface area contributed by atoms with E-state index in [0.717, 1.165) is 5.56 Å². The van der Waals surface area contributed by atoms with Crippen molar-refractivity contribution in [2.24, 2.45) is 5.92 Å². The van der Waals surface area contributed by atoms with Crippen LogP contribution in [-0.4, -0.2) is 18.4 Å². The van der Waals surface area contributed by atoms with Crippen LogP contribution in [0.25, 0.3) is 0 Å². The number of carbonyl (C=O) groups excluding carboxylic acids is 2. The number of rotatable bonds is 2. The Morgan fingerprint density at radius 3 is 2.62 bits per heavy atom. The van der Waals surface area contributed by atoms with Gasteiger partial charge in [0.15, 0.2) is 0 Å². The van der Waals surface area contributed by atoms with Crippen LogP contribution in [0.3, 0.4) is 0 Å². The monoisotopic (exact) mass is 348 g/mol. The Bertz CT molecular complexity index is 780. The Balaban J connectivity index is 1.58. The first-order valence-electron chi connectivity index (χ1n) is 7.30. The topological polar surface area (TPSA) is 67.4 Å². The third-order valence-electron chi connectivity index (χ3n) is 3.71. The maximum absolute atomic E-state index is 12.8. The number of hydrogen-bond acceptors (Lipinski definition) is 3. The maximum Gasteiger partial charge on any atom is 0.269 e. The van der Waals surface area contributed by atoms with Gasteiger partial charge in [0.05, 0.1) is 5.92 Å². The predicted molar refractivity (Wildman–Crippen MR) is 86.1 cm³/mol. The molecule has 0 aromatic heterocycles. The highest BCUT2D eigenvalue weighted by atomic mass is 35.5. The molecule has 2 N–H and O–H groups in total. The summed E-state index contributed by atoms with van der Waals surface area (Å²) in [5, 5.41) is 0.572. The van der Waals surface area contributed by atoms with E-state index in [1.165, 1.54) is 24.3 Å². The van der Waals surface area contributed by atoms with E-state index in [2.05, 4.69) is 10.9 Å². The van der Waals surface area contributed by atoms with Crippen LogP contribution in [0.5, 0.6) is 5.75 Å². The van der Waals surface area contributed by atoms with Gasteiger partial charge in [-0.2, -0.15) is 0 Å². The van der Waals surface area contributed by atoms with Crippen LogP contribution in [0.2, 0.25) is 5.02 Å². The maximum atomic E-state index is 12.8. The van der Waals surface area contributed by atoms with Gasteiger partial charge in [0.1, 0.15) is 18.2 Å². The molecule has 7 heteroatoms. The zero-order valence-corrected chi connectivity index (χ0v) is 13.3. The molecule has 1 atom stereocenters. The van der Waals surface area contributed by atoms with Crippen LogP contribution < -0.4 is 15.6 Å². The van der Waals surface area contributed by atoms with E-state index in [1.807, 2.05) is 0 Å². The number of nitrogens with one attached hydrogen (secondary N) is 2. The molecule has 1 aliphatic heterocycles. The second-order valence-electron chi connectivity index (χ2n) is 5.41. The van der Waals surface area contributed by atoms with Crippen molar-refractivity contribution in [3.8, 4) is 5.75 Å². The number of hydrogen-bond donors (Lipinski definition) is 2. The van der Waals surface area contributed by atoms with Gasteiger partial charge in [-0.1, -0.05) is 11.6 Å². The minimum absolute atomic E-state index is 0.215. The summed E-state index contributed by atoms with van der Waals surface area (Å²) >= 11 is 5.95. The molecule has 1 heterocycles. The molecular formula is C17H14ClFN2O3. The lowest BCUT2D eigenvalue weighted by Crippen LogP contribution is -2.47. The van der Waals surface area contributed by atoms with Gasteiger partial charge in [-0.25, -0.2) is 4.39 Å². The molecule has 124 valence electrons. The summed E-state index contributed by atoms with van der Waals surface area (Å²) < 4.78 is 18.4. The molecule has 2 amide bonds. The molecule has 0 spiro atoms. The zero-order valence-electron chi connectivity index (χ0n) is 12.5. The van der Waals surface area contributed by atoms with Crippen LogP contribution in [0, 0.1) is 11.7 Å². The lowest BCUT2D eigenvalue weighted by molar-refractivity contribution is -0.127.